The Bertz CT molecular complexity index is 1020. The van der Waals surface area contributed by atoms with Crippen LogP contribution in [0, 0.1) is 11.7 Å². The van der Waals surface area contributed by atoms with E-state index in [0.717, 1.165) is 38.0 Å². The smallest absolute Gasteiger partial charge is 0.254 e. The van der Waals surface area contributed by atoms with Gasteiger partial charge in [-0.2, -0.15) is 0 Å². The lowest BCUT2D eigenvalue weighted by Gasteiger charge is -2.38. The summed E-state index contributed by atoms with van der Waals surface area (Å²) < 4.78 is 13.3. The number of likely N-dealkylation sites (tertiary alicyclic amines) is 2. The van der Waals surface area contributed by atoms with E-state index < -0.39 is 0 Å². The van der Waals surface area contributed by atoms with Gasteiger partial charge in [0.15, 0.2) is 0 Å². The Morgan fingerprint density at radius 2 is 1.66 bits per heavy atom. The van der Waals surface area contributed by atoms with Gasteiger partial charge in [0, 0.05) is 36.2 Å². The zero-order valence-electron chi connectivity index (χ0n) is 18.5. The fourth-order valence-electron chi connectivity index (χ4n) is 5.59. The van der Waals surface area contributed by atoms with Crippen molar-refractivity contribution in [2.75, 3.05) is 26.2 Å². The normalized spacial score (nSPS) is 22.5. The third kappa shape index (κ3) is 4.35. The van der Waals surface area contributed by atoms with Crippen molar-refractivity contribution in [3.05, 3.63) is 51.7 Å². The molecule has 1 aliphatic carbocycles. The van der Waals surface area contributed by atoms with Gasteiger partial charge >= 0.3 is 0 Å². The number of amides is 1. The van der Waals surface area contributed by atoms with Crippen molar-refractivity contribution in [1.82, 2.24) is 19.8 Å². The number of aromatic amines is 1. The van der Waals surface area contributed by atoms with E-state index in [1.807, 2.05) is 0 Å². The minimum absolute atomic E-state index is 0.0544. The predicted molar refractivity (Wildman–Crippen MR) is 121 cm³/mol. The Balaban J connectivity index is 1.24. The number of nitrogens with zero attached hydrogens (tertiary/aromatic N) is 3. The van der Waals surface area contributed by atoms with Crippen LogP contribution in [0.1, 0.15) is 49.8 Å². The van der Waals surface area contributed by atoms with Gasteiger partial charge in [-0.1, -0.05) is 0 Å². The second-order valence-corrected chi connectivity index (χ2v) is 9.42. The van der Waals surface area contributed by atoms with Crippen molar-refractivity contribution in [2.24, 2.45) is 5.92 Å². The minimum Gasteiger partial charge on any atom is -0.342 e. The fraction of sp³-hybridized carbons (Fsp3) is 0.560. The van der Waals surface area contributed by atoms with E-state index in [9.17, 15) is 14.0 Å². The monoisotopic (exact) mass is 438 g/mol. The van der Waals surface area contributed by atoms with Crippen LogP contribution < -0.4 is 5.56 Å². The van der Waals surface area contributed by atoms with Gasteiger partial charge in [-0.3, -0.25) is 9.59 Å². The highest BCUT2D eigenvalue weighted by molar-refractivity contribution is 5.79. The van der Waals surface area contributed by atoms with Crippen molar-refractivity contribution in [2.45, 2.75) is 57.4 Å². The van der Waals surface area contributed by atoms with Crippen LogP contribution in [0.2, 0.25) is 0 Å². The van der Waals surface area contributed by atoms with Crippen molar-refractivity contribution in [3.8, 4) is 11.4 Å². The number of fused-ring (bicyclic) bond motifs is 1. The van der Waals surface area contributed by atoms with Crippen molar-refractivity contribution in [1.29, 1.82) is 0 Å². The van der Waals surface area contributed by atoms with Gasteiger partial charge in [-0.05, 0) is 88.7 Å². The van der Waals surface area contributed by atoms with Gasteiger partial charge < -0.3 is 14.8 Å². The summed E-state index contributed by atoms with van der Waals surface area (Å²) in [6.45, 7) is 4.11. The molecular formula is C25H31FN4O2. The maximum atomic E-state index is 13.3. The number of piperidine rings is 1. The third-order valence-corrected chi connectivity index (χ3v) is 7.47. The molecule has 1 aromatic carbocycles. The van der Waals surface area contributed by atoms with E-state index in [2.05, 4.69) is 19.8 Å². The summed E-state index contributed by atoms with van der Waals surface area (Å²) in [5.74, 6) is 0.327. The molecule has 1 unspecified atom stereocenters. The third-order valence-electron chi connectivity index (χ3n) is 7.47. The number of carbonyl (C=O) groups excluding carboxylic acids is 1. The maximum absolute atomic E-state index is 13.3. The molecule has 0 bridgehead atoms. The zero-order valence-corrected chi connectivity index (χ0v) is 18.5. The molecule has 1 N–H and O–H groups in total. The summed E-state index contributed by atoms with van der Waals surface area (Å²) >= 11 is 0. The molecule has 2 saturated heterocycles. The molecule has 2 aromatic rings. The lowest BCUT2D eigenvalue weighted by atomic mass is 9.95. The molecule has 6 nitrogen and oxygen atoms in total. The standard InChI is InChI=1S/C25H31FN4O2/c26-19-7-3-17(4-8-19)23-27-22-10-6-18(5-9-21(22)24(31)28-23)25(32)30-15-11-20(12-16-30)29-13-1-2-14-29/h3-4,7-8,18,20H,1-2,5-6,9-16H2,(H,27,28,31). The van der Waals surface area contributed by atoms with E-state index >= 15 is 0 Å². The first kappa shape index (κ1) is 21.3. The Kier molecular flexibility index (Phi) is 6.09. The maximum Gasteiger partial charge on any atom is 0.254 e. The van der Waals surface area contributed by atoms with Gasteiger partial charge in [0.05, 0.1) is 5.69 Å². The number of benzene rings is 1. The van der Waals surface area contributed by atoms with E-state index in [4.69, 9.17) is 0 Å². The molecule has 3 aliphatic rings. The average molecular weight is 439 g/mol. The number of nitrogens with one attached hydrogen (secondary N) is 1. The molecule has 1 atom stereocenters. The van der Waals surface area contributed by atoms with Gasteiger partial charge in [0.25, 0.3) is 5.56 Å². The second-order valence-electron chi connectivity index (χ2n) is 9.42. The summed E-state index contributed by atoms with van der Waals surface area (Å²) in [6.07, 6.45) is 7.35. The Labute approximate surface area is 187 Å². The Morgan fingerprint density at radius 1 is 0.969 bits per heavy atom. The molecule has 5 rings (SSSR count). The first-order chi connectivity index (χ1) is 15.6. The van der Waals surface area contributed by atoms with Crippen LogP contribution in [0.5, 0.6) is 0 Å². The molecule has 1 amide bonds. The minimum atomic E-state index is -0.323. The highest BCUT2D eigenvalue weighted by atomic mass is 19.1. The molecular weight excluding hydrogens is 407 g/mol. The topological polar surface area (TPSA) is 69.3 Å². The number of aromatic nitrogens is 2. The van der Waals surface area contributed by atoms with Gasteiger partial charge in [-0.15, -0.1) is 0 Å². The second kappa shape index (κ2) is 9.14. The Hall–Kier alpha value is -2.54. The van der Waals surface area contributed by atoms with Gasteiger partial charge in [0.1, 0.15) is 11.6 Å². The first-order valence-electron chi connectivity index (χ1n) is 12.0. The number of H-pyrrole nitrogens is 1. The summed E-state index contributed by atoms with van der Waals surface area (Å²) in [5, 5.41) is 0. The Morgan fingerprint density at radius 3 is 2.38 bits per heavy atom. The zero-order chi connectivity index (χ0) is 22.1. The number of halogens is 1. The molecule has 32 heavy (non-hydrogen) atoms. The van der Waals surface area contributed by atoms with E-state index in [-0.39, 0.29) is 23.2 Å². The van der Waals surface area contributed by atoms with Gasteiger partial charge in [0.2, 0.25) is 5.91 Å². The summed E-state index contributed by atoms with van der Waals surface area (Å²) in [7, 11) is 0. The lowest BCUT2D eigenvalue weighted by molar-refractivity contribution is -0.137. The summed E-state index contributed by atoms with van der Waals surface area (Å²) in [4.78, 5) is 38.2. The predicted octanol–water partition coefficient (Wildman–Crippen LogP) is 3.16. The average Bonchev–Trinajstić information content (AvgIpc) is 3.26. The number of carbonyl (C=O) groups is 1. The fourth-order valence-corrected chi connectivity index (χ4v) is 5.59. The van der Waals surface area contributed by atoms with Crippen LogP contribution in [0.25, 0.3) is 11.4 Å². The molecule has 170 valence electrons. The van der Waals surface area contributed by atoms with Crippen LogP contribution in [0.4, 0.5) is 4.39 Å². The summed E-state index contributed by atoms with van der Waals surface area (Å²) in [5.41, 5.74) is 2.01. The SMILES string of the molecule is O=C(C1CCc2nc(-c3ccc(F)cc3)[nH]c(=O)c2CC1)N1CCC(N2CCCC2)CC1. The van der Waals surface area contributed by atoms with Crippen molar-refractivity contribution >= 4 is 5.91 Å². The molecule has 0 radical (unpaired) electrons. The first-order valence-corrected chi connectivity index (χ1v) is 12.0. The molecule has 3 heterocycles. The summed E-state index contributed by atoms with van der Waals surface area (Å²) in [6, 6.07) is 6.60. The highest BCUT2D eigenvalue weighted by Gasteiger charge is 2.32. The van der Waals surface area contributed by atoms with E-state index in [1.165, 1.54) is 38.1 Å². The number of rotatable bonds is 3. The molecule has 0 saturated carbocycles. The van der Waals surface area contributed by atoms with E-state index in [0.29, 0.717) is 42.3 Å². The van der Waals surface area contributed by atoms with Crippen LogP contribution in [0.15, 0.2) is 29.1 Å². The van der Waals surface area contributed by atoms with Crippen LogP contribution in [-0.2, 0) is 17.6 Å². The highest BCUT2D eigenvalue weighted by Crippen LogP contribution is 2.27. The quantitative estimate of drug-likeness (QED) is 0.748. The number of hydrogen-bond donors (Lipinski definition) is 1. The van der Waals surface area contributed by atoms with E-state index in [1.54, 1.807) is 12.1 Å². The largest absolute Gasteiger partial charge is 0.342 e. The molecule has 1 aromatic heterocycles. The number of hydrogen-bond acceptors (Lipinski definition) is 4. The molecule has 2 fully saturated rings. The van der Waals surface area contributed by atoms with Crippen molar-refractivity contribution < 1.29 is 9.18 Å². The molecule has 0 spiro atoms. The van der Waals surface area contributed by atoms with Crippen LogP contribution in [-0.4, -0.2) is 57.9 Å². The molecule has 2 aliphatic heterocycles. The van der Waals surface area contributed by atoms with Crippen LogP contribution >= 0.6 is 0 Å². The lowest BCUT2D eigenvalue weighted by Crippen LogP contribution is -2.47. The van der Waals surface area contributed by atoms with Gasteiger partial charge in [-0.25, -0.2) is 9.37 Å². The van der Waals surface area contributed by atoms with Crippen LogP contribution in [0.3, 0.4) is 0 Å². The number of aryl methyl sites for hydroxylation is 1. The molecule has 7 heteroatoms. The van der Waals surface area contributed by atoms with Crippen molar-refractivity contribution in [3.63, 3.8) is 0 Å².